The van der Waals surface area contributed by atoms with Gasteiger partial charge in [0, 0.05) is 25.7 Å². The molecule has 0 saturated heterocycles. The average molecular weight is 273 g/mol. The topological polar surface area (TPSA) is 66.2 Å². The van der Waals surface area contributed by atoms with Gasteiger partial charge in [0.05, 0.1) is 12.7 Å². The third kappa shape index (κ3) is 3.08. The Kier molecular flexibility index (Phi) is 4.57. The van der Waals surface area contributed by atoms with Gasteiger partial charge in [0.25, 0.3) is 0 Å². The van der Waals surface area contributed by atoms with Crippen molar-refractivity contribution in [3.8, 4) is 6.07 Å². The molecule has 0 aromatic carbocycles. The van der Waals surface area contributed by atoms with Crippen LogP contribution in [-0.2, 0) is 22.4 Å². The maximum absolute atomic E-state index is 11.1. The largest absolute Gasteiger partial charge is 0.469 e. The first-order valence-corrected chi connectivity index (χ1v) is 6.86. The van der Waals surface area contributed by atoms with Crippen LogP contribution in [0.25, 0.3) is 0 Å². The van der Waals surface area contributed by atoms with E-state index in [1.54, 1.807) is 0 Å². The third-order valence-electron chi connectivity index (χ3n) is 3.61. The Balaban J connectivity index is 2.07. The van der Waals surface area contributed by atoms with E-state index in [1.807, 2.05) is 18.0 Å². The van der Waals surface area contributed by atoms with Crippen LogP contribution in [0.5, 0.6) is 0 Å². The summed E-state index contributed by atoms with van der Waals surface area (Å²) in [6.07, 6.45) is 4.19. The number of nitriles is 1. The molecule has 1 aliphatic rings. The Hall–Kier alpha value is -2.09. The van der Waals surface area contributed by atoms with Crippen molar-refractivity contribution in [1.82, 2.24) is 4.98 Å². The lowest BCUT2D eigenvalue weighted by molar-refractivity contribution is -0.140. The van der Waals surface area contributed by atoms with Crippen LogP contribution < -0.4 is 4.90 Å². The number of fused-ring (bicyclic) bond motifs is 1. The van der Waals surface area contributed by atoms with Gasteiger partial charge in [0.15, 0.2) is 0 Å². The minimum atomic E-state index is -0.208. The number of nitrogens with zero attached hydrogens (tertiary/aromatic N) is 3. The minimum Gasteiger partial charge on any atom is -0.469 e. The monoisotopic (exact) mass is 273 g/mol. The molecule has 0 radical (unpaired) electrons. The second-order valence-corrected chi connectivity index (χ2v) is 5.03. The molecule has 106 valence electrons. The van der Waals surface area contributed by atoms with Crippen molar-refractivity contribution >= 4 is 11.8 Å². The summed E-state index contributed by atoms with van der Waals surface area (Å²) in [6.45, 7) is 0.676. The van der Waals surface area contributed by atoms with Crippen molar-refractivity contribution in [1.29, 1.82) is 5.26 Å². The van der Waals surface area contributed by atoms with E-state index in [9.17, 15) is 10.1 Å². The summed E-state index contributed by atoms with van der Waals surface area (Å²) in [5.41, 5.74) is 2.93. The van der Waals surface area contributed by atoms with Gasteiger partial charge >= 0.3 is 5.97 Å². The second kappa shape index (κ2) is 6.38. The number of methoxy groups -OCH3 is 1. The quantitative estimate of drug-likeness (QED) is 0.766. The summed E-state index contributed by atoms with van der Waals surface area (Å²) in [4.78, 5) is 17.7. The summed E-state index contributed by atoms with van der Waals surface area (Å²) in [7, 11) is 3.30. The lowest BCUT2D eigenvalue weighted by Gasteiger charge is -2.20. The van der Waals surface area contributed by atoms with E-state index >= 15 is 0 Å². The molecule has 1 aliphatic carbocycles. The van der Waals surface area contributed by atoms with Gasteiger partial charge < -0.3 is 9.64 Å². The molecule has 2 rings (SSSR count). The standard InChI is InChI=1S/C15H19N3O2/c1-18(8-4-7-14(19)20-2)15-12(10-16)9-11-5-3-6-13(11)17-15/h9H,3-8H2,1-2H3. The van der Waals surface area contributed by atoms with E-state index in [2.05, 4.69) is 15.8 Å². The molecule has 0 aliphatic heterocycles. The fourth-order valence-electron chi connectivity index (χ4n) is 2.50. The molecule has 5 nitrogen and oxygen atoms in total. The van der Waals surface area contributed by atoms with Gasteiger partial charge in [-0.3, -0.25) is 4.79 Å². The predicted molar refractivity (Wildman–Crippen MR) is 75.5 cm³/mol. The second-order valence-electron chi connectivity index (χ2n) is 5.03. The molecule has 20 heavy (non-hydrogen) atoms. The molecule has 1 heterocycles. The first kappa shape index (κ1) is 14.3. The number of aryl methyl sites for hydroxylation is 2. The van der Waals surface area contributed by atoms with Crippen molar-refractivity contribution in [2.24, 2.45) is 0 Å². The molecule has 0 N–H and O–H groups in total. The molecule has 0 bridgehead atoms. The maximum Gasteiger partial charge on any atom is 0.305 e. The van der Waals surface area contributed by atoms with Crippen molar-refractivity contribution in [2.45, 2.75) is 32.1 Å². The van der Waals surface area contributed by atoms with E-state index in [0.717, 1.165) is 30.8 Å². The summed E-state index contributed by atoms with van der Waals surface area (Å²) >= 11 is 0. The highest BCUT2D eigenvalue weighted by Crippen LogP contribution is 2.26. The Morgan fingerprint density at radius 3 is 3.05 bits per heavy atom. The molecular formula is C15H19N3O2. The number of pyridine rings is 1. The summed E-state index contributed by atoms with van der Waals surface area (Å²) < 4.78 is 4.62. The van der Waals surface area contributed by atoms with Gasteiger partial charge in [-0.1, -0.05) is 0 Å². The van der Waals surface area contributed by atoms with E-state index in [4.69, 9.17) is 0 Å². The highest BCUT2D eigenvalue weighted by Gasteiger charge is 2.18. The van der Waals surface area contributed by atoms with Crippen LogP contribution in [0.1, 0.15) is 36.1 Å². The highest BCUT2D eigenvalue weighted by atomic mass is 16.5. The van der Waals surface area contributed by atoms with E-state index < -0.39 is 0 Å². The minimum absolute atomic E-state index is 0.208. The molecule has 1 aromatic rings. The smallest absolute Gasteiger partial charge is 0.305 e. The summed E-state index contributed by atoms with van der Waals surface area (Å²) in [6, 6.07) is 4.18. The molecule has 0 atom stereocenters. The SMILES string of the molecule is COC(=O)CCCN(C)c1nc2c(cc1C#N)CCC2. The molecule has 0 fully saturated rings. The third-order valence-corrected chi connectivity index (χ3v) is 3.61. The normalized spacial score (nSPS) is 12.7. The lowest BCUT2D eigenvalue weighted by Crippen LogP contribution is -2.22. The van der Waals surface area contributed by atoms with Crippen LogP contribution in [0.3, 0.4) is 0 Å². The van der Waals surface area contributed by atoms with Crippen molar-refractivity contribution < 1.29 is 9.53 Å². The molecule has 1 aromatic heterocycles. The number of hydrogen-bond donors (Lipinski definition) is 0. The van der Waals surface area contributed by atoms with E-state index in [-0.39, 0.29) is 5.97 Å². The zero-order chi connectivity index (χ0) is 14.5. The number of rotatable bonds is 5. The van der Waals surface area contributed by atoms with Gasteiger partial charge in [-0.15, -0.1) is 0 Å². The zero-order valence-electron chi connectivity index (χ0n) is 12.0. The number of hydrogen-bond acceptors (Lipinski definition) is 5. The molecular weight excluding hydrogens is 254 g/mol. The van der Waals surface area contributed by atoms with Crippen molar-refractivity contribution in [2.75, 3.05) is 25.6 Å². The first-order valence-electron chi connectivity index (χ1n) is 6.86. The Morgan fingerprint density at radius 2 is 2.35 bits per heavy atom. The van der Waals surface area contributed by atoms with Crippen LogP contribution in [-0.4, -0.2) is 31.7 Å². The van der Waals surface area contributed by atoms with Gasteiger partial charge in [-0.25, -0.2) is 4.98 Å². The van der Waals surface area contributed by atoms with Crippen LogP contribution in [0.4, 0.5) is 5.82 Å². The molecule has 0 saturated carbocycles. The first-order chi connectivity index (χ1) is 9.65. The van der Waals surface area contributed by atoms with Crippen LogP contribution >= 0.6 is 0 Å². The predicted octanol–water partition coefficient (Wildman–Crippen LogP) is 1.83. The number of ether oxygens (including phenoxy) is 1. The number of aromatic nitrogens is 1. The Morgan fingerprint density at radius 1 is 1.55 bits per heavy atom. The number of carbonyl (C=O) groups excluding carboxylic acids is 1. The number of anilines is 1. The van der Waals surface area contributed by atoms with Gasteiger partial charge in [0.2, 0.25) is 0 Å². The Labute approximate surface area is 119 Å². The number of carbonyl (C=O) groups is 1. The zero-order valence-corrected chi connectivity index (χ0v) is 12.0. The van der Waals surface area contributed by atoms with Gasteiger partial charge in [0.1, 0.15) is 11.9 Å². The maximum atomic E-state index is 11.1. The van der Waals surface area contributed by atoms with Crippen LogP contribution in [0.2, 0.25) is 0 Å². The van der Waals surface area contributed by atoms with Crippen molar-refractivity contribution in [3.05, 3.63) is 22.9 Å². The summed E-state index contributed by atoms with van der Waals surface area (Å²) in [5.74, 6) is 0.513. The fraction of sp³-hybridized carbons (Fsp3) is 0.533. The molecule has 0 unspecified atom stereocenters. The van der Waals surface area contributed by atoms with Gasteiger partial charge in [-0.2, -0.15) is 5.26 Å². The molecule has 5 heteroatoms. The average Bonchev–Trinajstić information content (AvgIpc) is 2.92. The van der Waals surface area contributed by atoms with Crippen molar-refractivity contribution in [3.63, 3.8) is 0 Å². The highest BCUT2D eigenvalue weighted by molar-refractivity contribution is 5.69. The van der Waals surface area contributed by atoms with E-state index in [0.29, 0.717) is 24.9 Å². The lowest BCUT2D eigenvalue weighted by atomic mass is 10.1. The Bertz CT molecular complexity index is 549. The van der Waals surface area contributed by atoms with Crippen LogP contribution in [0, 0.1) is 11.3 Å². The number of esters is 1. The van der Waals surface area contributed by atoms with Gasteiger partial charge in [-0.05, 0) is 37.3 Å². The van der Waals surface area contributed by atoms with Crippen LogP contribution in [0.15, 0.2) is 6.07 Å². The molecule has 0 amide bonds. The summed E-state index contributed by atoms with van der Waals surface area (Å²) in [5, 5.41) is 9.26. The fourth-order valence-corrected chi connectivity index (χ4v) is 2.50. The molecule has 0 spiro atoms. The van der Waals surface area contributed by atoms with E-state index in [1.165, 1.54) is 12.7 Å².